The van der Waals surface area contributed by atoms with Crippen molar-refractivity contribution in [2.45, 2.75) is 13.0 Å². The van der Waals surface area contributed by atoms with Crippen molar-refractivity contribution in [2.75, 3.05) is 0 Å². The lowest BCUT2D eigenvalue weighted by atomic mass is 10.1. The Hall–Kier alpha value is -1.81. The third-order valence-corrected chi connectivity index (χ3v) is 2.19. The molecule has 0 radical (unpaired) electrons. The van der Waals surface area contributed by atoms with Gasteiger partial charge < -0.3 is 5.11 Å². The Bertz CT molecular complexity index is 471. The highest BCUT2D eigenvalue weighted by Crippen LogP contribution is 2.07. The van der Waals surface area contributed by atoms with E-state index in [-0.39, 0.29) is 12.4 Å². The van der Waals surface area contributed by atoms with Gasteiger partial charge in [-0.2, -0.15) is 0 Å². The van der Waals surface area contributed by atoms with Crippen molar-refractivity contribution in [1.29, 1.82) is 0 Å². The van der Waals surface area contributed by atoms with E-state index >= 15 is 0 Å². The zero-order valence-corrected chi connectivity index (χ0v) is 8.60. The van der Waals surface area contributed by atoms with Crippen molar-refractivity contribution < 1.29 is 9.50 Å². The molecule has 0 aliphatic heterocycles. The molecule has 2 aromatic rings. The maximum absolute atomic E-state index is 12.9. The molecule has 3 nitrogen and oxygen atoms in total. The molecule has 0 spiro atoms. The van der Waals surface area contributed by atoms with Gasteiger partial charge in [0.25, 0.3) is 0 Å². The molecule has 0 aliphatic carbocycles. The molecule has 0 fully saturated rings. The van der Waals surface area contributed by atoms with Crippen LogP contribution in [-0.2, 0) is 13.0 Å². The molecule has 1 aromatic carbocycles. The Morgan fingerprint density at radius 1 is 1.12 bits per heavy atom. The number of nitrogens with zero attached hydrogens (tertiary/aromatic N) is 2. The van der Waals surface area contributed by atoms with E-state index in [0.29, 0.717) is 17.8 Å². The fraction of sp³-hybridized carbons (Fsp3) is 0.167. The molecule has 1 N–H and O–H groups in total. The zero-order chi connectivity index (χ0) is 11.4. The van der Waals surface area contributed by atoms with Crippen molar-refractivity contribution >= 4 is 0 Å². The monoisotopic (exact) mass is 218 g/mol. The van der Waals surface area contributed by atoms with Gasteiger partial charge in [-0.05, 0) is 17.7 Å². The van der Waals surface area contributed by atoms with Gasteiger partial charge in [0.15, 0.2) is 0 Å². The first-order chi connectivity index (χ1) is 7.78. The van der Waals surface area contributed by atoms with Crippen molar-refractivity contribution in [3.63, 3.8) is 0 Å². The quantitative estimate of drug-likeness (QED) is 0.852. The van der Waals surface area contributed by atoms with Gasteiger partial charge >= 0.3 is 0 Å². The number of halogens is 1. The van der Waals surface area contributed by atoms with E-state index in [9.17, 15) is 4.39 Å². The fourth-order valence-corrected chi connectivity index (χ4v) is 1.38. The molecule has 16 heavy (non-hydrogen) atoms. The predicted molar refractivity (Wildman–Crippen MR) is 57.2 cm³/mol. The Morgan fingerprint density at radius 3 is 2.50 bits per heavy atom. The number of rotatable bonds is 3. The van der Waals surface area contributed by atoms with Gasteiger partial charge in [-0.1, -0.05) is 12.1 Å². The molecule has 1 aromatic heterocycles. The summed E-state index contributed by atoms with van der Waals surface area (Å²) >= 11 is 0. The number of benzene rings is 1. The topological polar surface area (TPSA) is 46.0 Å². The minimum atomic E-state index is -0.260. The average molecular weight is 218 g/mol. The number of aliphatic hydroxyl groups is 1. The van der Waals surface area contributed by atoms with Crippen LogP contribution < -0.4 is 0 Å². The molecule has 1 heterocycles. The maximum Gasteiger partial charge on any atom is 0.132 e. The van der Waals surface area contributed by atoms with Crippen LogP contribution in [-0.4, -0.2) is 15.1 Å². The van der Waals surface area contributed by atoms with Crippen LogP contribution in [0.1, 0.15) is 17.0 Å². The summed E-state index contributed by atoms with van der Waals surface area (Å²) in [6.45, 7) is -0.0692. The largest absolute Gasteiger partial charge is 0.392 e. The molecule has 0 saturated carbocycles. The van der Waals surface area contributed by atoms with Crippen molar-refractivity contribution in [3.05, 3.63) is 59.4 Å². The summed E-state index contributed by atoms with van der Waals surface area (Å²) in [7, 11) is 0. The average Bonchev–Trinajstić information content (AvgIpc) is 2.30. The van der Waals surface area contributed by atoms with Crippen LogP contribution in [0.4, 0.5) is 4.39 Å². The SMILES string of the molecule is OCc1cnc(Cc2cccc(F)c2)nc1. The molecular weight excluding hydrogens is 207 g/mol. The first kappa shape index (κ1) is 10.7. The zero-order valence-electron chi connectivity index (χ0n) is 8.60. The molecule has 0 saturated heterocycles. The first-order valence-electron chi connectivity index (χ1n) is 4.93. The molecular formula is C12H11FN2O. The van der Waals surface area contributed by atoms with E-state index in [1.807, 2.05) is 6.07 Å². The first-order valence-corrected chi connectivity index (χ1v) is 4.93. The van der Waals surface area contributed by atoms with Gasteiger partial charge in [-0.3, -0.25) is 0 Å². The summed E-state index contributed by atoms with van der Waals surface area (Å²) in [4.78, 5) is 8.16. The fourth-order valence-electron chi connectivity index (χ4n) is 1.38. The lowest BCUT2D eigenvalue weighted by Gasteiger charge is -2.01. The number of hydrogen-bond acceptors (Lipinski definition) is 3. The normalized spacial score (nSPS) is 10.4. The Balaban J connectivity index is 2.14. The van der Waals surface area contributed by atoms with E-state index in [2.05, 4.69) is 9.97 Å². The lowest BCUT2D eigenvalue weighted by molar-refractivity contribution is 0.280. The van der Waals surface area contributed by atoms with Crippen LogP contribution in [0.15, 0.2) is 36.7 Å². The highest BCUT2D eigenvalue weighted by atomic mass is 19.1. The summed E-state index contributed by atoms with van der Waals surface area (Å²) in [6, 6.07) is 6.35. The van der Waals surface area contributed by atoms with Crippen molar-refractivity contribution in [1.82, 2.24) is 9.97 Å². The van der Waals surface area contributed by atoms with E-state index in [1.165, 1.54) is 12.1 Å². The number of aromatic nitrogens is 2. The summed E-state index contributed by atoms with van der Waals surface area (Å²) < 4.78 is 12.9. The van der Waals surface area contributed by atoms with Crippen LogP contribution >= 0.6 is 0 Å². The van der Waals surface area contributed by atoms with E-state index in [1.54, 1.807) is 18.5 Å². The third kappa shape index (κ3) is 2.61. The lowest BCUT2D eigenvalue weighted by Crippen LogP contribution is -1.98. The Kier molecular flexibility index (Phi) is 3.22. The van der Waals surface area contributed by atoms with Gasteiger partial charge in [-0.15, -0.1) is 0 Å². The molecule has 0 bridgehead atoms. The van der Waals surface area contributed by atoms with Gasteiger partial charge in [0.1, 0.15) is 11.6 Å². The minimum absolute atomic E-state index is 0.0692. The highest BCUT2D eigenvalue weighted by Gasteiger charge is 2.00. The highest BCUT2D eigenvalue weighted by molar-refractivity contribution is 5.20. The standard InChI is InChI=1S/C12H11FN2O/c13-11-3-1-2-9(4-11)5-12-14-6-10(8-16)7-15-12/h1-4,6-7,16H,5,8H2. The molecule has 0 atom stereocenters. The molecule has 0 aliphatic rings. The van der Waals surface area contributed by atoms with Gasteiger partial charge in [0.05, 0.1) is 6.61 Å². The van der Waals surface area contributed by atoms with Crippen LogP contribution in [0.25, 0.3) is 0 Å². The number of aliphatic hydroxyl groups excluding tert-OH is 1. The Morgan fingerprint density at radius 2 is 1.88 bits per heavy atom. The third-order valence-electron chi connectivity index (χ3n) is 2.19. The summed E-state index contributed by atoms with van der Waals surface area (Å²) in [5.41, 5.74) is 1.50. The maximum atomic E-state index is 12.9. The molecule has 2 rings (SSSR count). The van der Waals surface area contributed by atoms with Crippen LogP contribution in [0.2, 0.25) is 0 Å². The summed E-state index contributed by atoms with van der Waals surface area (Å²) in [6.07, 6.45) is 3.63. The Labute approximate surface area is 92.6 Å². The van der Waals surface area contributed by atoms with Crippen molar-refractivity contribution in [2.24, 2.45) is 0 Å². The van der Waals surface area contributed by atoms with Gasteiger partial charge in [0, 0.05) is 24.4 Å². The van der Waals surface area contributed by atoms with E-state index in [4.69, 9.17) is 5.11 Å². The molecule has 82 valence electrons. The predicted octanol–water partition coefficient (Wildman–Crippen LogP) is 1.70. The second-order valence-corrected chi connectivity index (χ2v) is 3.47. The molecule has 0 unspecified atom stereocenters. The number of hydrogen-bond donors (Lipinski definition) is 1. The second-order valence-electron chi connectivity index (χ2n) is 3.47. The summed E-state index contributed by atoms with van der Waals surface area (Å²) in [5.74, 6) is 0.354. The minimum Gasteiger partial charge on any atom is -0.392 e. The van der Waals surface area contributed by atoms with Crippen LogP contribution in [0.5, 0.6) is 0 Å². The summed E-state index contributed by atoms with van der Waals surface area (Å²) in [5, 5.41) is 8.83. The van der Waals surface area contributed by atoms with Crippen molar-refractivity contribution in [3.8, 4) is 0 Å². The van der Waals surface area contributed by atoms with E-state index < -0.39 is 0 Å². The molecule has 0 amide bonds. The molecule has 4 heteroatoms. The van der Waals surface area contributed by atoms with Crippen LogP contribution in [0, 0.1) is 5.82 Å². The van der Waals surface area contributed by atoms with Gasteiger partial charge in [-0.25, -0.2) is 14.4 Å². The second kappa shape index (κ2) is 4.81. The van der Waals surface area contributed by atoms with Crippen LogP contribution in [0.3, 0.4) is 0 Å². The smallest absolute Gasteiger partial charge is 0.132 e. The van der Waals surface area contributed by atoms with Gasteiger partial charge in [0.2, 0.25) is 0 Å². The van der Waals surface area contributed by atoms with E-state index in [0.717, 1.165) is 5.56 Å².